The first-order valence-corrected chi connectivity index (χ1v) is 6.41. The van der Waals surface area contributed by atoms with Gasteiger partial charge in [0.2, 0.25) is 0 Å². The molecule has 1 nitrogen and oxygen atoms in total. The molecule has 0 aromatic carbocycles. The summed E-state index contributed by atoms with van der Waals surface area (Å²) in [6.07, 6.45) is 7.43. The first kappa shape index (κ1) is 17.3. The normalized spacial score (nSPS) is 27.8. The summed E-state index contributed by atoms with van der Waals surface area (Å²) < 4.78 is 0. The number of hydrogen-bond acceptors (Lipinski definition) is 1. The van der Waals surface area contributed by atoms with Gasteiger partial charge in [-0.1, -0.05) is 33.6 Å². The first-order chi connectivity index (χ1) is 7.15. The van der Waals surface area contributed by atoms with Gasteiger partial charge in [0.15, 0.2) is 0 Å². The van der Waals surface area contributed by atoms with Gasteiger partial charge < -0.3 is 11.0 Å². The number of hydrogen-bond donors (Lipinski definition) is 0. The SMILES string of the molecule is CC.CC1=[C-]CC(C)C12CCN(C)CC2.[K+]. The summed E-state index contributed by atoms with van der Waals surface area (Å²) in [6, 6.07) is 0. The molecule has 0 aromatic rings. The third-order valence-electron chi connectivity index (χ3n) is 4.24. The molecule has 1 heterocycles. The molecule has 1 aliphatic heterocycles. The minimum atomic E-state index is 0. The van der Waals surface area contributed by atoms with Crippen molar-refractivity contribution in [3.8, 4) is 0 Å². The van der Waals surface area contributed by atoms with Crippen molar-refractivity contribution in [1.29, 1.82) is 0 Å². The second kappa shape index (κ2) is 7.70. The van der Waals surface area contributed by atoms with E-state index in [4.69, 9.17) is 0 Å². The first-order valence-electron chi connectivity index (χ1n) is 6.41. The van der Waals surface area contributed by atoms with Crippen molar-refractivity contribution in [2.24, 2.45) is 11.3 Å². The van der Waals surface area contributed by atoms with Crippen LogP contribution < -0.4 is 51.4 Å². The average Bonchev–Trinajstić information content (AvgIpc) is 2.54. The second-order valence-electron chi connectivity index (χ2n) is 4.87. The van der Waals surface area contributed by atoms with Crippen LogP contribution in [0.2, 0.25) is 0 Å². The molecule has 0 aromatic heterocycles. The Morgan fingerprint density at radius 3 is 2.12 bits per heavy atom. The van der Waals surface area contributed by atoms with Crippen LogP contribution in [0.25, 0.3) is 0 Å². The molecule has 0 saturated carbocycles. The van der Waals surface area contributed by atoms with Crippen molar-refractivity contribution in [1.82, 2.24) is 4.90 Å². The molecule has 0 radical (unpaired) electrons. The van der Waals surface area contributed by atoms with Crippen molar-refractivity contribution in [2.45, 2.75) is 47.0 Å². The maximum Gasteiger partial charge on any atom is 1.00 e. The molecule has 2 heteroatoms. The molecular weight excluding hydrogens is 221 g/mol. The third-order valence-corrected chi connectivity index (χ3v) is 4.24. The van der Waals surface area contributed by atoms with Crippen molar-refractivity contribution in [3.63, 3.8) is 0 Å². The van der Waals surface area contributed by atoms with E-state index in [9.17, 15) is 0 Å². The van der Waals surface area contributed by atoms with Crippen LogP contribution in [-0.4, -0.2) is 25.0 Å². The number of likely N-dealkylation sites (tertiary alicyclic amines) is 1. The molecule has 0 amide bonds. The summed E-state index contributed by atoms with van der Waals surface area (Å²) in [5.41, 5.74) is 2.08. The van der Waals surface area contributed by atoms with E-state index < -0.39 is 0 Å². The molecule has 0 N–H and O–H groups in total. The monoisotopic (exact) mass is 247 g/mol. The number of piperidine rings is 1. The maximum atomic E-state index is 3.54. The van der Waals surface area contributed by atoms with Crippen molar-refractivity contribution in [3.05, 3.63) is 11.6 Å². The van der Waals surface area contributed by atoms with Crippen LogP contribution in [0.3, 0.4) is 0 Å². The summed E-state index contributed by atoms with van der Waals surface area (Å²) in [7, 11) is 2.23. The van der Waals surface area contributed by atoms with Crippen LogP contribution in [0.1, 0.15) is 47.0 Å². The average molecular weight is 247 g/mol. The Kier molecular flexibility index (Phi) is 8.34. The quantitative estimate of drug-likeness (QED) is 0.446. The van der Waals surface area contributed by atoms with E-state index in [1.807, 2.05) is 13.8 Å². The van der Waals surface area contributed by atoms with Crippen LogP contribution >= 0.6 is 0 Å². The molecule has 88 valence electrons. The number of rotatable bonds is 0. The number of allylic oxidation sites excluding steroid dienone is 2. The van der Waals surface area contributed by atoms with E-state index in [1.54, 1.807) is 5.57 Å². The fraction of sp³-hybridized carbons (Fsp3) is 0.857. The van der Waals surface area contributed by atoms with Gasteiger partial charge in [-0.15, -0.1) is 0 Å². The van der Waals surface area contributed by atoms with Gasteiger partial charge in [-0.2, -0.15) is 6.42 Å². The van der Waals surface area contributed by atoms with Crippen molar-refractivity contribution in [2.75, 3.05) is 20.1 Å². The van der Waals surface area contributed by atoms with Gasteiger partial charge in [0.05, 0.1) is 0 Å². The molecule has 1 fully saturated rings. The minimum absolute atomic E-state index is 0. The predicted molar refractivity (Wildman–Crippen MR) is 66.7 cm³/mol. The molecule has 1 saturated heterocycles. The molecular formula is C14H26KN. The summed E-state index contributed by atoms with van der Waals surface area (Å²) in [4.78, 5) is 2.45. The van der Waals surface area contributed by atoms with E-state index >= 15 is 0 Å². The third kappa shape index (κ3) is 3.43. The molecule has 1 spiro atoms. The Morgan fingerprint density at radius 2 is 1.75 bits per heavy atom. The summed E-state index contributed by atoms with van der Waals surface area (Å²) in [5.74, 6) is 0.834. The molecule has 1 atom stereocenters. The zero-order valence-corrected chi connectivity index (χ0v) is 15.2. The van der Waals surface area contributed by atoms with Gasteiger partial charge in [0.1, 0.15) is 0 Å². The van der Waals surface area contributed by atoms with Gasteiger partial charge in [0, 0.05) is 0 Å². The zero-order valence-electron chi connectivity index (χ0n) is 12.1. The largest absolute Gasteiger partial charge is 1.00 e. The summed E-state index contributed by atoms with van der Waals surface area (Å²) >= 11 is 0. The van der Waals surface area contributed by atoms with Crippen LogP contribution in [0.15, 0.2) is 5.57 Å². The topological polar surface area (TPSA) is 3.24 Å². The molecule has 16 heavy (non-hydrogen) atoms. The van der Waals surface area contributed by atoms with Crippen molar-refractivity contribution < 1.29 is 51.4 Å². The minimum Gasteiger partial charge on any atom is -0.497 e. The maximum absolute atomic E-state index is 3.54. The Hall–Kier alpha value is 1.34. The van der Waals surface area contributed by atoms with Crippen LogP contribution in [0, 0.1) is 17.4 Å². The van der Waals surface area contributed by atoms with Gasteiger partial charge in [0.25, 0.3) is 0 Å². The van der Waals surface area contributed by atoms with E-state index in [0.29, 0.717) is 5.41 Å². The fourth-order valence-electron chi connectivity index (χ4n) is 2.93. The number of nitrogens with zero attached hydrogens (tertiary/aromatic N) is 1. The predicted octanol–water partition coefficient (Wildman–Crippen LogP) is 0.518. The van der Waals surface area contributed by atoms with E-state index in [-0.39, 0.29) is 51.4 Å². The van der Waals surface area contributed by atoms with E-state index in [1.165, 1.54) is 32.4 Å². The van der Waals surface area contributed by atoms with E-state index in [2.05, 4.69) is 31.9 Å². The van der Waals surface area contributed by atoms with Gasteiger partial charge in [-0.05, 0) is 38.4 Å². The standard InChI is InChI=1S/C12H20N.C2H6.K/c1-10-4-5-11(2)12(10)6-8-13(3)9-7-12;1-2;/h10H,4,6-9H2,1-3H3;1-2H3;/q-1;;+1. The smallest absolute Gasteiger partial charge is 0.497 e. The summed E-state index contributed by atoms with van der Waals surface area (Å²) in [6.45, 7) is 11.2. The van der Waals surface area contributed by atoms with Gasteiger partial charge >= 0.3 is 51.4 Å². The molecule has 1 aliphatic carbocycles. The second-order valence-corrected chi connectivity index (χ2v) is 4.87. The van der Waals surface area contributed by atoms with Crippen LogP contribution in [0.4, 0.5) is 0 Å². The molecule has 2 aliphatic rings. The Balaban J connectivity index is 0.000000711. The van der Waals surface area contributed by atoms with Crippen molar-refractivity contribution >= 4 is 0 Å². The zero-order chi connectivity index (χ0) is 11.5. The van der Waals surface area contributed by atoms with Crippen LogP contribution in [-0.2, 0) is 0 Å². The van der Waals surface area contributed by atoms with Crippen LogP contribution in [0.5, 0.6) is 0 Å². The Labute approximate surface area is 144 Å². The van der Waals surface area contributed by atoms with E-state index in [0.717, 1.165) is 5.92 Å². The Morgan fingerprint density at radius 1 is 1.25 bits per heavy atom. The molecule has 2 rings (SSSR count). The molecule has 1 unspecified atom stereocenters. The fourth-order valence-corrected chi connectivity index (χ4v) is 2.93. The van der Waals surface area contributed by atoms with Gasteiger partial charge in [-0.3, -0.25) is 5.57 Å². The summed E-state index contributed by atoms with van der Waals surface area (Å²) in [5, 5.41) is 0. The van der Waals surface area contributed by atoms with Gasteiger partial charge in [-0.25, -0.2) is 0 Å². The molecule has 0 bridgehead atoms. The Bertz CT molecular complexity index is 227.